The highest BCUT2D eigenvalue weighted by atomic mass is 32.2. The molecule has 0 radical (unpaired) electrons. The second kappa shape index (κ2) is 3.85. The number of hydrogen-bond acceptors (Lipinski definition) is 6. The Kier molecular flexibility index (Phi) is 2.66. The zero-order valence-electron chi connectivity index (χ0n) is 8.29. The lowest BCUT2D eigenvalue weighted by Gasteiger charge is -1.95. The van der Waals surface area contributed by atoms with E-state index in [-0.39, 0.29) is 11.7 Å². The lowest BCUT2D eigenvalue weighted by Crippen LogP contribution is -2.17. The van der Waals surface area contributed by atoms with Gasteiger partial charge in [-0.2, -0.15) is 4.98 Å². The van der Waals surface area contributed by atoms with E-state index in [0.29, 0.717) is 5.89 Å². The van der Waals surface area contributed by atoms with Crippen LogP contribution < -0.4 is 0 Å². The van der Waals surface area contributed by atoms with Crippen LogP contribution in [0.3, 0.4) is 0 Å². The van der Waals surface area contributed by atoms with Gasteiger partial charge in [-0.05, 0) is 12.8 Å². The van der Waals surface area contributed by atoms with Gasteiger partial charge in [0.15, 0.2) is 15.7 Å². The van der Waals surface area contributed by atoms with Gasteiger partial charge in [0.25, 0.3) is 0 Å². The highest BCUT2D eigenvalue weighted by Crippen LogP contribution is 2.38. The molecule has 0 saturated heterocycles. The maximum Gasteiger partial charge on any atom is 0.318 e. The normalized spacial score (nSPS) is 16.2. The quantitative estimate of drug-likeness (QED) is 0.775. The Bertz CT molecular complexity index is 502. The monoisotopic (exact) mass is 246 g/mol. The number of carboxylic acid groups (broad SMARTS) is 1. The summed E-state index contributed by atoms with van der Waals surface area (Å²) in [4.78, 5) is 14.2. The predicted molar refractivity (Wildman–Crippen MR) is 51.4 cm³/mol. The van der Waals surface area contributed by atoms with Gasteiger partial charge in [-0.1, -0.05) is 5.16 Å². The predicted octanol–water partition coefficient (Wildman–Crippen LogP) is -0.0536. The van der Waals surface area contributed by atoms with Crippen LogP contribution in [-0.2, 0) is 20.4 Å². The Labute approximate surface area is 91.4 Å². The minimum atomic E-state index is -3.71. The van der Waals surface area contributed by atoms with Crippen LogP contribution >= 0.6 is 0 Å². The average molecular weight is 246 g/mol. The molecule has 7 nitrogen and oxygen atoms in total. The Morgan fingerprint density at radius 2 is 2.19 bits per heavy atom. The zero-order chi connectivity index (χ0) is 11.8. The summed E-state index contributed by atoms with van der Waals surface area (Å²) in [6.07, 6.45) is 1.95. The van der Waals surface area contributed by atoms with Crippen LogP contribution in [0, 0.1) is 0 Å². The molecule has 0 bridgehead atoms. The van der Waals surface area contributed by atoms with Crippen molar-refractivity contribution >= 4 is 15.8 Å². The average Bonchev–Trinajstić information content (AvgIpc) is 2.86. The van der Waals surface area contributed by atoms with Crippen molar-refractivity contribution < 1.29 is 22.8 Å². The number of sulfone groups is 1. The third-order valence-electron chi connectivity index (χ3n) is 2.10. The topological polar surface area (TPSA) is 110 Å². The van der Waals surface area contributed by atoms with E-state index in [1.54, 1.807) is 0 Å². The van der Waals surface area contributed by atoms with Crippen LogP contribution in [0.5, 0.6) is 0 Å². The molecule has 88 valence electrons. The van der Waals surface area contributed by atoms with Gasteiger partial charge in [-0.25, -0.2) is 8.42 Å². The smallest absolute Gasteiger partial charge is 0.318 e. The van der Waals surface area contributed by atoms with E-state index in [0.717, 1.165) is 12.8 Å². The SMILES string of the molecule is O=C(O)CS(=O)(=O)Cc1noc(C2CC2)n1. The molecule has 0 amide bonds. The number of carboxylic acids is 1. The van der Waals surface area contributed by atoms with E-state index < -0.39 is 27.3 Å². The molecule has 0 aliphatic heterocycles. The summed E-state index contributed by atoms with van der Waals surface area (Å²) < 4.78 is 27.5. The molecule has 1 aliphatic carbocycles. The molecule has 1 aromatic heterocycles. The van der Waals surface area contributed by atoms with Gasteiger partial charge in [0.1, 0.15) is 11.5 Å². The number of aromatic nitrogens is 2. The minimum Gasteiger partial charge on any atom is -0.480 e. The Balaban J connectivity index is 2.04. The first-order chi connectivity index (χ1) is 7.46. The van der Waals surface area contributed by atoms with Crippen molar-refractivity contribution in [3.05, 3.63) is 11.7 Å². The number of carbonyl (C=O) groups is 1. The maximum absolute atomic E-state index is 11.3. The van der Waals surface area contributed by atoms with Gasteiger partial charge < -0.3 is 9.63 Å². The standard InChI is InChI=1S/C8H10N2O5S/c11-7(12)4-16(13,14)3-6-9-8(15-10-6)5-1-2-5/h5H,1-4H2,(H,11,12). The number of rotatable bonds is 5. The first-order valence-corrected chi connectivity index (χ1v) is 6.53. The minimum absolute atomic E-state index is 0.0307. The molecule has 0 spiro atoms. The first-order valence-electron chi connectivity index (χ1n) is 4.71. The van der Waals surface area contributed by atoms with Crippen molar-refractivity contribution in [3.8, 4) is 0 Å². The second-order valence-corrected chi connectivity index (χ2v) is 5.81. The summed E-state index contributed by atoms with van der Waals surface area (Å²) in [5.41, 5.74) is 0. The zero-order valence-corrected chi connectivity index (χ0v) is 9.11. The lowest BCUT2D eigenvalue weighted by atomic mass is 10.4. The molecular weight excluding hydrogens is 236 g/mol. The first kappa shape index (κ1) is 11.1. The molecular formula is C8H10N2O5S. The van der Waals surface area contributed by atoms with Crippen molar-refractivity contribution in [1.29, 1.82) is 0 Å². The van der Waals surface area contributed by atoms with Crippen molar-refractivity contribution in [1.82, 2.24) is 10.1 Å². The molecule has 1 aromatic rings. The second-order valence-electron chi connectivity index (χ2n) is 3.75. The van der Waals surface area contributed by atoms with Gasteiger partial charge in [0, 0.05) is 5.92 Å². The van der Waals surface area contributed by atoms with E-state index in [9.17, 15) is 13.2 Å². The summed E-state index contributed by atoms with van der Waals surface area (Å²) in [5.74, 6) is -2.06. The molecule has 1 saturated carbocycles. The summed E-state index contributed by atoms with van der Waals surface area (Å²) in [6, 6.07) is 0. The largest absolute Gasteiger partial charge is 0.480 e. The van der Waals surface area contributed by atoms with Crippen LogP contribution in [-0.4, -0.2) is 35.4 Å². The van der Waals surface area contributed by atoms with Crippen LogP contribution in [0.2, 0.25) is 0 Å². The number of hydrogen-bond donors (Lipinski definition) is 1. The summed E-state index contributed by atoms with van der Waals surface area (Å²) in [7, 11) is -3.71. The molecule has 1 heterocycles. The van der Waals surface area contributed by atoms with Gasteiger partial charge in [0.2, 0.25) is 5.89 Å². The number of nitrogens with zero attached hydrogens (tertiary/aromatic N) is 2. The lowest BCUT2D eigenvalue weighted by molar-refractivity contribution is -0.134. The number of aliphatic carboxylic acids is 1. The van der Waals surface area contributed by atoms with Gasteiger partial charge in [-0.15, -0.1) is 0 Å². The fraction of sp³-hybridized carbons (Fsp3) is 0.625. The van der Waals surface area contributed by atoms with Crippen LogP contribution in [0.4, 0.5) is 0 Å². The Morgan fingerprint density at radius 1 is 1.50 bits per heavy atom. The third-order valence-corrected chi connectivity index (χ3v) is 3.49. The van der Waals surface area contributed by atoms with E-state index in [1.807, 2.05) is 0 Å². The molecule has 2 rings (SSSR count). The fourth-order valence-corrected chi connectivity index (χ4v) is 2.25. The van der Waals surface area contributed by atoms with Crippen molar-refractivity contribution in [2.45, 2.75) is 24.5 Å². The third kappa shape index (κ3) is 2.78. The highest BCUT2D eigenvalue weighted by molar-refractivity contribution is 7.91. The van der Waals surface area contributed by atoms with Crippen LogP contribution in [0.15, 0.2) is 4.52 Å². The fourth-order valence-electron chi connectivity index (χ4n) is 1.26. The maximum atomic E-state index is 11.3. The van der Waals surface area contributed by atoms with Crippen LogP contribution in [0.1, 0.15) is 30.5 Å². The molecule has 1 N–H and O–H groups in total. The molecule has 0 aromatic carbocycles. The molecule has 0 atom stereocenters. The van der Waals surface area contributed by atoms with E-state index in [1.165, 1.54) is 0 Å². The molecule has 16 heavy (non-hydrogen) atoms. The summed E-state index contributed by atoms with van der Waals surface area (Å²) in [6.45, 7) is 0. The Hall–Kier alpha value is -1.44. The van der Waals surface area contributed by atoms with E-state index in [4.69, 9.17) is 9.63 Å². The van der Waals surface area contributed by atoms with E-state index in [2.05, 4.69) is 10.1 Å². The molecule has 1 aliphatic rings. The molecule has 1 fully saturated rings. The Morgan fingerprint density at radius 3 is 2.75 bits per heavy atom. The van der Waals surface area contributed by atoms with Crippen molar-refractivity contribution in [2.75, 3.05) is 5.75 Å². The van der Waals surface area contributed by atoms with Gasteiger partial charge in [0.05, 0.1) is 0 Å². The van der Waals surface area contributed by atoms with Gasteiger partial charge >= 0.3 is 5.97 Å². The van der Waals surface area contributed by atoms with Gasteiger partial charge in [-0.3, -0.25) is 4.79 Å². The van der Waals surface area contributed by atoms with Crippen molar-refractivity contribution in [2.24, 2.45) is 0 Å². The molecule has 8 heteroatoms. The summed E-state index contributed by atoms with van der Waals surface area (Å²) in [5, 5.41) is 11.9. The highest BCUT2D eigenvalue weighted by Gasteiger charge is 2.30. The summed E-state index contributed by atoms with van der Waals surface area (Å²) >= 11 is 0. The van der Waals surface area contributed by atoms with Crippen LogP contribution in [0.25, 0.3) is 0 Å². The molecule has 0 unspecified atom stereocenters. The van der Waals surface area contributed by atoms with Crippen molar-refractivity contribution in [3.63, 3.8) is 0 Å². The van der Waals surface area contributed by atoms with E-state index >= 15 is 0 Å².